The third kappa shape index (κ3) is 5.25. The molecule has 0 aliphatic heterocycles. The molecule has 0 unspecified atom stereocenters. The van der Waals surface area contributed by atoms with Gasteiger partial charge in [0.15, 0.2) is 23.7 Å². The Bertz CT molecular complexity index is 2760. The highest BCUT2D eigenvalue weighted by Crippen LogP contribution is 2.41. The molecule has 0 amide bonds. The van der Waals surface area contributed by atoms with Crippen molar-refractivity contribution in [2.75, 3.05) is 0 Å². The van der Waals surface area contributed by atoms with E-state index in [2.05, 4.69) is 112 Å². The molecule has 0 bridgehead atoms. The molecular formula is C47H37N4O+. The molecule has 0 N–H and O–H groups in total. The number of hydrogen-bond donors (Lipinski definition) is 0. The van der Waals surface area contributed by atoms with E-state index in [1.54, 1.807) is 0 Å². The first-order valence-corrected chi connectivity index (χ1v) is 17.7. The molecule has 0 atom stereocenters. The number of pyridine rings is 1. The molecule has 52 heavy (non-hydrogen) atoms. The maximum Gasteiger partial charge on any atom is 0.216 e. The van der Waals surface area contributed by atoms with Gasteiger partial charge in [-0.3, -0.25) is 0 Å². The van der Waals surface area contributed by atoms with E-state index >= 15 is 0 Å². The molecular weight excluding hydrogens is 637 g/mol. The maximum absolute atomic E-state index is 6.83. The molecule has 0 radical (unpaired) electrons. The normalized spacial score (nSPS) is 11.6. The first-order valence-electron chi connectivity index (χ1n) is 17.7. The van der Waals surface area contributed by atoms with Gasteiger partial charge < -0.3 is 4.42 Å². The summed E-state index contributed by atoms with van der Waals surface area (Å²) >= 11 is 0. The Balaban J connectivity index is 1.20. The summed E-state index contributed by atoms with van der Waals surface area (Å²) in [7, 11) is 2.13. The van der Waals surface area contributed by atoms with E-state index in [0.717, 1.165) is 66.4 Å². The van der Waals surface area contributed by atoms with Crippen molar-refractivity contribution >= 4 is 32.7 Å². The second-order valence-corrected chi connectivity index (χ2v) is 13.8. The van der Waals surface area contributed by atoms with Gasteiger partial charge in [-0.1, -0.05) is 103 Å². The van der Waals surface area contributed by atoms with Crippen molar-refractivity contribution in [2.24, 2.45) is 7.05 Å². The lowest BCUT2D eigenvalue weighted by Crippen LogP contribution is -2.31. The van der Waals surface area contributed by atoms with E-state index in [-0.39, 0.29) is 0 Å². The molecule has 0 saturated carbocycles. The van der Waals surface area contributed by atoms with Crippen molar-refractivity contribution in [3.8, 4) is 56.5 Å². The van der Waals surface area contributed by atoms with Crippen molar-refractivity contribution in [1.82, 2.24) is 15.0 Å². The van der Waals surface area contributed by atoms with Gasteiger partial charge in [0.2, 0.25) is 5.69 Å². The van der Waals surface area contributed by atoms with Crippen LogP contribution in [-0.4, -0.2) is 15.0 Å². The minimum Gasteiger partial charge on any atom is -0.454 e. The van der Waals surface area contributed by atoms with Crippen LogP contribution in [0.1, 0.15) is 22.3 Å². The number of aryl methyl sites for hydroxylation is 5. The van der Waals surface area contributed by atoms with Gasteiger partial charge in [-0.15, -0.1) is 0 Å². The summed E-state index contributed by atoms with van der Waals surface area (Å²) in [6, 6.07) is 44.2. The summed E-state index contributed by atoms with van der Waals surface area (Å²) in [6.07, 6.45) is 2.23. The van der Waals surface area contributed by atoms with Crippen molar-refractivity contribution < 1.29 is 8.98 Å². The first-order chi connectivity index (χ1) is 25.3. The number of benzene rings is 6. The molecule has 0 aliphatic rings. The second kappa shape index (κ2) is 12.4. The predicted octanol–water partition coefficient (Wildman–Crippen LogP) is 11.3. The zero-order valence-corrected chi connectivity index (χ0v) is 29.9. The highest BCUT2D eigenvalue weighted by Gasteiger charge is 2.25. The topological polar surface area (TPSA) is 55.7 Å². The van der Waals surface area contributed by atoms with E-state index in [4.69, 9.17) is 19.4 Å². The van der Waals surface area contributed by atoms with Crippen molar-refractivity contribution in [3.63, 3.8) is 0 Å². The number of aromatic nitrogens is 4. The van der Waals surface area contributed by atoms with Gasteiger partial charge in [0, 0.05) is 44.5 Å². The standard InChI is InChI=1S/C47H37N4O/c1-28-20-22-38-37-23-21-32-14-12-13-19-36(32)43(37)52-44(38)42(28)40-26-39(31(4)27-51(40)5)41-29(2)24-35(25-30(41)3)47-49-45(33-15-8-6-9-16-33)48-46(50-47)34-17-10-7-11-18-34/h6-27H,1-5H3/q+1. The van der Waals surface area contributed by atoms with Crippen LogP contribution in [0.3, 0.4) is 0 Å². The Morgan fingerprint density at radius 3 is 1.67 bits per heavy atom. The van der Waals surface area contributed by atoms with E-state index < -0.39 is 0 Å². The van der Waals surface area contributed by atoms with E-state index in [9.17, 15) is 0 Å². The van der Waals surface area contributed by atoms with Crippen LogP contribution in [0.4, 0.5) is 0 Å². The van der Waals surface area contributed by atoms with Crippen LogP contribution in [0.2, 0.25) is 0 Å². The zero-order valence-electron chi connectivity index (χ0n) is 29.9. The summed E-state index contributed by atoms with van der Waals surface area (Å²) in [5, 5.41) is 4.57. The van der Waals surface area contributed by atoms with Crippen LogP contribution in [-0.2, 0) is 7.05 Å². The van der Waals surface area contributed by atoms with Crippen LogP contribution in [0.25, 0.3) is 89.3 Å². The van der Waals surface area contributed by atoms with Gasteiger partial charge >= 0.3 is 0 Å². The van der Waals surface area contributed by atoms with Crippen LogP contribution in [0.5, 0.6) is 0 Å². The number of fused-ring (bicyclic) bond motifs is 5. The maximum atomic E-state index is 6.83. The summed E-state index contributed by atoms with van der Waals surface area (Å²) in [5.74, 6) is 1.97. The summed E-state index contributed by atoms with van der Waals surface area (Å²) in [5.41, 5.74) is 14.0. The van der Waals surface area contributed by atoms with E-state index in [1.807, 2.05) is 60.7 Å². The fraction of sp³-hybridized carbons (Fsp3) is 0.106. The molecule has 0 spiro atoms. The molecule has 3 aromatic heterocycles. The Labute approximate surface area is 302 Å². The molecule has 5 nitrogen and oxygen atoms in total. The largest absolute Gasteiger partial charge is 0.454 e. The third-order valence-corrected chi connectivity index (χ3v) is 10.2. The van der Waals surface area contributed by atoms with Crippen LogP contribution < -0.4 is 4.57 Å². The molecule has 9 rings (SSSR count). The number of furan rings is 1. The van der Waals surface area contributed by atoms with Gasteiger partial charge in [-0.25, -0.2) is 19.5 Å². The van der Waals surface area contributed by atoms with E-state index in [1.165, 1.54) is 27.6 Å². The average Bonchev–Trinajstić information content (AvgIpc) is 3.55. The Morgan fingerprint density at radius 1 is 0.462 bits per heavy atom. The number of nitrogens with zero attached hydrogens (tertiary/aromatic N) is 4. The smallest absolute Gasteiger partial charge is 0.216 e. The molecule has 9 aromatic rings. The number of rotatable bonds is 5. The molecule has 250 valence electrons. The molecule has 6 aromatic carbocycles. The Hall–Kier alpha value is -6.46. The fourth-order valence-electron chi connectivity index (χ4n) is 7.74. The van der Waals surface area contributed by atoms with Gasteiger partial charge in [-0.2, -0.15) is 0 Å². The summed E-state index contributed by atoms with van der Waals surface area (Å²) in [4.78, 5) is 14.9. The molecule has 5 heteroatoms. The van der Waals surface area contributed by atoms with Crippen molar-refractivity contribution in [3.05, 3.63) is 156 Å². The Morgan fingerprint density at radius 2 is 1.02 bits per heavy atom. The molecule has 3 heterocycles. The monoisotopic (exact) mass is 673 g/mol. The molecule has 0 fully saturated rings. The lowest BCUT2D eigenvalue weighted by Gasteiger charge is -2.16. The lowest BCUT2D eigenvalue weighted by atomic mass is 9.90. The highest BCUT2D eigenvalue weighted by molar-refractivity contribution is 6.17. The van der Waals surface area contributed by atoms with Gasteiger partial charge in [0.05, 0.1) is 5.56 Å². The van der Waals surface area contributed by atoms with Crippen LogP contribution >= 0.6 is 0 Å². The highest BCUT2D eigenvalue weighted by atomic mass is 16.3. The van der Waals surface area contributed by atoms with Gasteiger partial charge in [0.25, 0.3) is 0 Å². The minimum absolute atomic E-state index is 0.655. The second-order valence-electron chi connectivity index (χ2n) is 13.8. The summed E-state index contributed by atoms with van der Waals surface area (Å²) in [6.45, 7) is 8.74. The minimum atomic E-state index is 0.655. The van der Waals surface area contributed by atoms with Crippen molar-refractivity contribution in [1.29, 1.82) is 0 Å². The van der Waals surface area contributed by atoms with Gasteiger partial charge in [0.1, 0.15) is 18.2 Å². The third-order valence-electron chi connectivity index (χ3n) is 10.2. The quantitative estimate of drug-likeness (QED) is 0.171. The summed E-state index contributed by atoms with van der Waals surface area (Å²) < 4.78 is 9.05. The number of hydrogen-bond acceptors (Lipinski definition) is 4. The average molecular weight is 674 g/mol. The zero-order chi connectivity index (χ0) is 35.5. The lowest BCUT2D eigenvalue weighted by molar-refractivity contribution is -0.660. The van der Waals surface area contributed by atoms with Crippen LogP contribution in [0, 0.1) is 27.7 Å². The Kier molecular flexibility index (Phi) is 7.51. The fourth-order valence-corrected chi connectivity index (χ4v) is 7.74. The predicted molar refractivity (Wildman–Crippen MR) is 212 cm³/mol. The van der Waals surface area contributed by atoms with Crippen molar-refractivity contribution in [2.45, 2.75) is 27.7 Å². The van der Waals surface area contributed by atoms with Crippen LogP contribution in [0.15, 0.2) is 138 Å². The molecule has 0 aliphatic carbocycles. The SMILES string of the molecule is Cc1c[n+](C)c(-c2c(C)ccc3c2oc2c4ccccc4ccc32)cc1-c1c(C)cc(-c2nc(-c3ccccc3)nc(-c3ccccc3)n2)cc1C. The molecule has 0 saturated heterocycles. The first kappa shape index (κ1) is 31.5. The van der Waals surface area contributed by atoms with Gasteiger partial charge in [-0.05, 0) is 79.1 Å². The van der Waals surface area contributed by atoms with E-state index in [0.29, 0.717) is 17.5 Å².